The van der Waals surface area contributed by atoms with Crippen LogP contribution in [0.5, 0.6) is 0 Å². The SMILES string of the molecule is Cc1ccc(CNC(=O)CCC2=NS(=O)(=O)c3ccccc3N2)cc1. The van der Waals surface area contributed by atoms with E-state index < -0.39 is 10.0 Å². The standard InChI is InChI=1S/C18H19N3O3S/c1-13-6-8-14(9-7-13)12-19-18(22)11-10-17-20-15-4-2-3-5-16(15)25(23,24)21-17/h2-9H,10-12H2,1H3,(H,19,22)(H,20,21). The first-order valence-corrected chi connectivity index (χ1v) is 9.40. The van der Waals surface area contributed by atoms with Crippen LogP contribution in [0, 0.1) is 6.92 Å². The molecule has 0 unspecified atom stereocenters. The Balaban J connectivity index is 1.56. The number of amidine groups is 1. The molecule has 0 atom stereocenters. The Kier molecular flexibility index (Phi) is 4.85. The third-order valence-electron chi connectivity index (χ3n) is 3.87. The van der Waals surface area contributed by atoms with Gasteiger partial charge in [-0.1, -0.05) is 42.0 Å². The molecule has 0 radical (unpaired) electrons. The summed E-state index contributed by atoms with van der Waals surface area (Å²) in [4.78, 5) is 12.1. The maximum atomic E-state index is 12.1. The predicted octanol–water partition coefficient (Wildman–Crippen LogP) is 2.60. The van der Waals surface area contributed by atoms with Crippen LogP contribution in [0.25, 0.3) is 0 Å². The van der Waals surface area contributed by atoms with Crippen LogP contribution < -0.4 is 10.6 Å². The first-order valence-electron chi connectivity index (χ1n) is 7.96. The monoisotopic (exact) mass is 357 g/mol. The zero-order valence-electron chi connectivity index (χ0n) is 13.8. The summed E-state index contributed by atoms with van der Waals surface area (Å²) in [7, 11) is -3.70. The second kappa shape index (κ2) is 7.06. The third-order valence-corrected chi connectivity index (χ3v) is 5.25. The number of hydrogen-bond donors (Lipinski definition) is 2. The molecular weight excluding hydrogens is 338 g/mol. The first kappa shape index (κ1) is 17.2. The molecule has 0 aliphatic carbocycles. The third kappa shape index (κ3) is 4.24. The minimum Gasteiger partial charge on any atom is -0.352 e. The summed E-state index contributed by atoms with van der Waals surface area (Å²) in [5.74, 6) is 0.130. The zero-order chi connectivity index (χ0) is 17.9. The number of carbonyl (C=O) groups is 1. The molecule has 2 N–H and O–H groups in total. The summed E-state index contributed by atoms with van der Waals surface area (Å²) >= 11 is 0. The van der Waals surface area contributed by atoms with E-state index in [0.29, 0.717) is 12.2 Å². The van der Waals surface area contributed by atoms with Gasteiger partial charge in [0.2, 0.25) is 5.91 Å². The minimum absolute atomic E-state index is 0.152. The van der Waals surface area contributed by atoms with Crippen molar-refractivity contribution < 1.29 is 13.2 Å². The summed E-state index contributed by atoms with van der Waals surface area (Å²) in [5, 5.41) is 5.81. The van der Waals surface area contributed by atoms with Gasteiger partial charge in [0, 0.05) is 19.4 Å². The van der Waals surface area contributed by atoms with Crippen LogP contribution in [0.1, 0.15) is 24.0 Å². The van der Waals surface area contributed by atoms with Crippen molar-refractivity contribution in [1.29, 1.82) is 0 Å². The Morgan fingerprint density at radius 2 is 1.84 bits per heavy atom. The topological polar surface area (TPSA) is 87.6 Å². The molecule has 1 aliphatic rings. The summed E-state index contributed by atoms with van der Waals surface area (Å²) in [6.07, 6.45) is 0.392. The van der Waals surface area contributed by atoms with Crippen molar-refractivity contribution in [2.45, 2.75) is 31.2 Å². The number of hydrogen-bond acceptors (Lipinski definition) is 4. The molecule has 0 bridgehead atoms. The van der Waals surface area contributed by atoms with Crippen molar-refractivity contribution >= 4 is 27.5 Å². The minimum atomic E-state index is -3.70. The van der Waals surface area contributed by atoms with Gasteiger partial charge in [0.1, 0.15) is 10.7 Å². The molecule has 0 saturated heterocycles. The number of para-hydroxylation sites is 1. The molecule has 25 heavy (non-hydrogen) atoms. The molecular formula is C18H19N3O3S. The number of amides is 1. The van der Waals surface area contributed by atoms with Gasteiger partial charge >= 0.3 is 0 Å². The van der Waals surface area contributed by atoms with Gasteiger partial charge in [-0.3, -0.25) is 4.79 Å². The van der Waals surface area contributed by atoms with Crippen molar-refractivity contribution in [2.75, 3.05) is 5.32 Å². The molecule has 130 valence electrons. The number of rotatable bonds is 5. The molecule has 1 heterocycles. The van der Waals surface area contributed by atoms with Gasteiger partial charge in [-0.05, 0) is 24.6 Å². The number of fused-ring (bicyclic) bond motifs is 1. The largest absolute Gasteiger partial charge is 0.352 e. The van der Waals surface area contributed by atoms with Crippen molar-refractivity contribution in [3.05, 3.63) is 59.7 Å². The molecule has 6 nitrogen and oxygen atoms in total. The molecule has 2 aromatic rings. The van der Waals surface area contributed by atoms with E-state index in [4.69, 9.17) is 0 Å². The molecule has 0 aromatic heterocycles. The number of anilines is 1. The van der Waals surface area contributed by atoms with E-state index in [9.17, 15) is 13.2 Å². The van der Waals surface area contributed by atoms with Crippen LogP contribution in [-0.2, 0) is 21.4 Å². The van der Waals surface area contributed by atoms with Gasteiger partial charge in [0.15, 0.2) is 0 Å². The maximum absolute atomic E-state index is 12.1. The second-order valence-electron chi connectivity index (χ2n) is 5.90. The average molecular weight is 357 g/mol. The fourth-order valence-electron chi connectivity index (χ4n) is 2.50. The van der Waals surface area contributed by atoms with Crippen LogP contribution in [0.3, 0.4) is 0 Å². The number of nitrogens with one attached hydrogen (secondary N) is 2. The highest BCUT2D eigenvalue weighted by Crippen LogP contribution is 2.27. The normalized spacial score (nSPS) is 14.8. The van der Waals surface area contributed by atoms with Crippen LogP contribution in [0.15, 0.2) is 57.8 Å². The highest BCUT2D eigenvalue weighted by molar-refractivity contribution is 7.90. The van der Waals surface area contributed by atoms with Crippen molar-refractivity contribution in [2.24, 2.45) is 4.40 Å². The summed E-state index contributed by atoms with van der Waals surface area (Å²) in [5.41, 5.74) is 2.68. The van der Waals surface area contributed by atoms with Crippen molar-refractivity contribution in [3.8, 4) is 0 Å². The van der Waals surface area contributed by atoms with Gasteiger partial charge in [-0.15, -0.1) is 4.40 Å². The van der Waals surface area contributed by atoms with E-state index in [-0.39, 0.29) is 29.5 Å². The van der Waals surface area contributed by atoms with Gasteiger partial charge < -0.3 is 10.6 Å². The summed E-state index contributed by atoms with van der Waals surface area (Å²) in [6.45, 7) is 2.45. The van der Waals surface area contributed by atoms with Crippen molar-refractivity contribution in [3.63, 3.8) is 0 Å². The Morgan fingerprint density at radius 1 is 1.12 bits per heavy atom. The smallest absolute Gasteiger partial charge is 0.286 e. The van der Waals surface area contributed by atoms with Gasteiger partial charge in [-0.2, -0.15) is 8.42 Å². The van der Waals surface area contributed by atoms with Gasteiger partial charge in [-0.25, -0.2) is 0 Å². The van der Waals surface area contributed by atoms with E-state index >= 15 is 0 Å². The Hall–Kier alpha value is -2.67. The van der Waals surface area contributed by atoms with Crippen LogP contribution in [0.4, 0.5) is 5.69 Å². The van der Waals surface area contributed by atoms with Gasteiger partial charge in [0.05, 0.1) is 5.69 Å². The number of aryl methyl sites for hydroxylation is 1. The molecule has 7 heteroatoms. The van der Waals surface area contributed by atoms with E-state index in [0.717, 1.165) is 11.1 Å². The molecule has 0 fully saturated rings. The van der Waals surface area contributed by atoms with Crippen molar-refractivity contribution in [1.82, 2.24) is 5.32 Å². The van der Waals surface area contributed by atoms with E-state index in [2.05, 4.69) is 15.0 Å². The maximum Gasteiger partial charge on any atom is 0.286 e. The van der Waals surface area contributed by atoms with E-state index in [1.165, 1.54) is 6.07 Å². The lowest BCUT2D eigenvalue weighted by Crippen LogP contribution is -2.26. The van der Waals surface area contributed by atoms with Gasteiger partial charge in [0.25, 0.3) is 10.0 Å². The molecule has 1 amide bonds. The lowest BCUT2D eigenvalue weighted by atomic mass is 10.1. The molecule has 2 aromatic carbocycles. The first-order chi connectivity index (χ1) is 11.9. The lowest BCUT2D eigenvalue weighted by molar-refractivity contribution is -0.121. The summed E-state index contributed by atoms with van der Waals surface area (Å²) in [6, 6.07) is 14.5. The van der Waals surface area contributed by atoms with Crippen LogP contribution >= 0.6 is 0 Å². The molecule has 0 spiro atoms. The number of benzene rings is 2. The highest BCUT2D eigenvalue weighted by Gasteiger charge is 2.24. The van der Waals surface area contributed by atoms with E-state index in [1.54, 1.807) is 18.2 Å². The molecule has 0 saturated carbocycles. The zero-order valence-corrected chi connectivity index (χ0v) is 14.6. The number of sulfonamides is 1. The summed E-state index contributed by atoms with van der Waals surface area (Å²) < 4.78 is 28.0. The Labute approximate surface area is 147 Å². The Bertz CT molecular complexity index is 919. The predicted molar refractivity (Wildman–Crippen MR) is 96.9 cm³/mol. The highest BCUT2D eigenvalue weighted by atomic mass is 32.2. The number of carbonyl (C=O) groups excluding carboxylic acids is 1. The molecule has 3 rings (SSSR count). The number of nitrogens with zero attached hydrogens (tertiary/aromatic N) is 1. The van der Waals surface area contributed by atoms with Crippen LogP contribution in [-0.4, -0.2) is 20.2 Å². The fourth-order valence-corrected chi connectivity index (χ4v) is 3.68. The molecule has 1 aliphatic heterocycles. The lowest BCUT2D eigenvalue weighted by Gasteiger charge is -2.17. The second-order valence-corrected chi connectivity index (χ2v) is 7.47. The fraction of sp³-hybridized carbons (Fsp3) is 0.222. The Morgan fingerprint density at radius 3 is 2.60 bits per heavy atom. The van der Waals surface area contributed by atoms with Crippen LogP contribution in [0.2, 0.25) is 0 Å². The average Bonchev–Trinajstić information content (AvgIpc) is 2.59. The van der Waals surface area contributed by atoms with E-state index in [1.807, 2.05) is 31.2 Å². The quantitative estimate of drug-likeness (QED) is 0.861.